The van der Waals surface area contributed by atoms with Crippen molar-refractivity contribution in [1.29, 1.82) is 0 Å². The van der Waals surface area contributed by atoms with Crippen molar-refractivity contribution in [3.63, 3.8) is 0 Å². The Morgan fingerprint density at radius 3 is 2.69 bits per heavy atom. The molecule has 0 unspecified atom stereocenters. The van der Waals surface area contributed by atoms with E-state index in [1.165, 1.54) is 5.57 Å². The molecule has 0 aromatic rings. The van der Waals surface area contributed by atoms with E-state index in [2.05, 4.69) is 26.5 Å². The van der Waals surface area contributed by atoms with Crippen LogP contribution in [0.25, 0.3) is 0 Å². The molecule has 0 saturated carbocycles. The molecule has 1 spiro atoms. The van der Waals surface area contributed by atoms with E-state index in [1.54, 1.807) is 0 Å². The summed E-state index contributed by atoms with van der Waals surface area (Å²) in [6.45, 7) is 9.75. The Bertz CT molecular complexity index is 296. The maximum atomic E-state index is 5.92. The van der Waals surface area contributed by atoms with Crippen molar-refractivity contribution in [2.24, 2.45) is 5.41 Å². The molecule has 2 aliphatic rings. The van der Waals surface area contributed by atoms with Gasteiger partial charge in [0.15, 0.2) is 5.79 Å². The molecule has 90 valence electrons. The second kappa shape index (κ2) is 4.34. The molecular weight excluding hydrogens is 200 g/mol. The second-order valence-corrected chi connectivity index (χ2v) is 5.17. The molecule has 2 heteroatoms. The van der Waals surface area contributed by atoms with Crippen molar-refractivity contribution in [2.45, 2.75) is 45.3 Å². The lowest BCUT2D eigenvalue weighted by molar-refractivity contribution is -0.224. The molecule has 0 radical (unpaired) electrons. The predicted molar refractivity (Wildman–Crippen MR) is 65.2 cm³/mol. The molecule has 1 aliphatic carbocycles. The third-order valence-corrected chi connectivity index (χ3v) is 3.99. The molecule has 16 heavy (non-hydrogen) atoms. The lowest BCUT2D eigenvalue weighted by Crippen LogP contribution is -2.48. The average molecular weight is 222 g/mol. The first-order chi connectivity index (χ1) is 7.62. The van der Waals surface area contributed by atoms with E-state index in [-0.39, 0.29) is 11.2 Å². The first-order valence-corrected chi connectivity index (χ1v) is 6.21. The summed E-state index contributed by atoms with van der Waals surface area (Å²) in [5.41, 5.74) is 1.45. The average Bonchev–Trinajstić information content (AvgIpc) is 2.71. The first-order valence-electron chi connectivity index (χ1n) is 6.21. The smallest absolute Gasteiger partial charge is 0.177 e. The molecule has 2 rings (SSSR count). The van der Waals surface area contributed by atoms with Crippen molar-refractivity contribution in [1.82, 2.24) is 0 Å². The molecule has 0 aromatic carbocycles. The highest BCUT2D eigenvalue weighted by atomic mass is 16.7. The van der Waals surface area contributed by atoms with E-state index in [1.807, 2.05) is 6.08 Å². The highest BCUT2D eigenvalue weighted by Crippen LogP contribution is 2.50. The Morgan fingerprint density at radius 2 is 2.06 bits per heavy atom. The maximum Gasteiger partial charge on any atom is 0.177 e. The van der Waals surface area contributed by atoms with E-state index >= 15 is 0 Å². The lowest BCUT2D eigenvalue weighted by Gasteiger charge is -2.46. The minimum atomic E-state index is -0.363. The largest absolute Gasteiger partial charge is 0.347 e. The first kappa shape index (κ1) is 11.9. The standard InChI is InChI=1S/C14H22O2/c1-4-5-7-12-8-6-9-14(13(12,2)3)15-10-11-16-14/h4,8H,1,5-7,9-11H2,2-3H3. The van der Waals surface area contributed by atoms with Gasteiger partial charge in [0.05, 0.1) is 13.2 Å². The highest BCUT2D eigenvalue weighted by molar-refractivity contribution is 5.21. The Morgan fingerprint density at radius 1 is 1.38 bits per heavy atom. The number of hydrogen-bond donors (Lipinski definition) is 0. The van der Waals surface area contributed by atoms with Crippen molar-refractivity contribution in [3.8, 4) is 0 Å². The second-order valence-electron chi connectivity index (χ2n) is 5.17. The molecule has 1 aliphatic heterocycles. The fourth-order valence-electron chi connectivity index (χ4n) is 2.88. The van der Waals surface area contributed by atoms with Gasteiger partial charge in [-0.05, 0) is 19.3 Å². The van der Waals surface area contributed by atoms with E-state index in [4.69, 9.17) is 9.47 Å². The number of allylic oxidation sites excluding steroid dienone is 2. The van der Waals surface area contributed by atoms with Crippen LogP contribution in [0.15, 0.2) is 24.3 Å². The van der Waals surface area contributed by atoms with E-state index in [9.17, 15) is 0 Å². The summed E-state index contributed by atoms with van der Waals surface area (Å²) in [6, 6.07) is 0. The molecule has 0 aromatic heterocycles. The third kappa shape index (κ3) is 1.74. The Balaban J connectivity index is 2.20. The molecule has 0 amide bonds. The zero-order valence-electron chi connectivity index (χ0n) is 10.4. The summed E-state index contributed by atoms with van der Waals surface area (Å²) in [6.07, 6.45) is 8.50. The van der Waals surface area contributed by atoms with Gasteiger partial charge in [-0.15, -0.1) is 6.58 Å². The molecule has 0 N–H and O–H groups in total. The molecule has 1 saturated heterocycles. The topological polar surface area (TPSA) is 18.5 Å². The van der Waals surface area contributed by atoms with Crippen molar-refractivity contribution in [2.75, 3.05) is 13.2 Å². The van der Waals surface area contributed by atoms with Crippen LogP contribution < -0.4 is 0 Å². The summed E-state index contributed by atoms with van der Waals surface area (Å²) in [7, 11) is 0. The minimum Gasteiger partial charge on any atom is -0.347 e. The van der Waals surface area contributed by atoms with Crippen LogP contribution in [-0.2, 0) is 9.47 Å². The monoisotopic (exact) mass is 222 g/mol. The van der Waals surface area contributed by atoms with Crippen LogP contribution in [0.4, 0.5) is 0 Å². The van der Waals surface area contributed by atoms with Gasteiger partial charge in [0.25, 0.3) is 0 Å². The van der Waals surface area contributed by atoms with Gasteiger partial charge < -0.3 is 9.47 Å². The molecule has 0 bridgehead atoms. The number of rotatable bonds is 3. The van der Waals surface area contributed by atoms with Crippen LogP contribution >= 0.6 is 0 Å². The number of hydrogen-bond acceptors (Lipinski definition) is 2. The lowest BCUT2D eigenvalue weighted by atomic mass is 9.69. The summed E-state index contributed by atoms with van der Waals surface area (Å²) in [5.74, 6) is -0.363. The van der Waals surface area contributed by atoms with E-state index < -0.39 is 0 Å². The van der Waals surface area contributed by atoms with Crippen molar-refractivity contribution >= 4 is 0 Å². The van der Waals surface area contributed by atoms with Crippen molar-refractivity contribution < 1.29 is 9.47 Å². The summed E-state index contributed by atoms with van der Waals surface area (Å²) in [4.78, 5) is 0. The molecule has 2 nitrogen and oxygen atoms in total. The fraction of sp³-hybridized carbons (Fsp3) is 0.714. The molecule has 1 fully saturated rings. The van der Waals surface area contributed by atoms with Crippen LogP contribution in [0.1, 0.15) is 39.5 Å². The molecular formula is C14H22O2. The fourth-order valence-corrected chi connectivity index (χ4v) is 2.88. The highest BCUT2D eigenvalue weighted by Gasteiger charge is 2.52. The number of ether oxygens (including phenoxy) is 2. The van der Waals surface area contributed by atoms with Gasteiger partial charge in [0.1, 0.15) is 0 Å². The van der Waals surface area contributed by atoms with Gasteiger partial charge in [0.2, 0.25) is 0 Å². The summed E-state index contributed by atoms with van der Waals surface area (Å²) in [5, 5.41) is 0. The summed E-state index contributed by atoms with van der Waals surface area (Å²) < 4.78 is 11.8. The van der Waals surface area contributed by atoms with Crippen LogP contribution in [0.5, 0.6) is 0 Å². The molecule has 0 atom stereocenters. The SMILES string of the molecule is C=CCCC1=CCCC2(OCCO2)C1(C)C. The van der Waals surface area contributed by atoms with Gasteiger partial charge in [-0.1, -0.05) is 31.6 Å². The van der Waals surface area contributed by atoms with Crippen LogP contribution in [-0.4, -0.2) is 19.0 Å². The zero-order valence-corrected chi connectivity index (χ0v) is 10.4. The van der Waals surface area contributed by atoms with Crippen LogP contribution in [0, 0.1) is 5.41 Å². The Hall–Kier alpha value is -0.600. The van der Waals surface area contributed by atoms with Crippen LogP contribution in [0.3, 0.4) is 0 Å². The molecule has 1 heterocycles. The third-order valence-electron chi connectivity index (χ3n) is 3.99. The maximum absolute atomic E-state index is 5.92. The van der Waals surface area contributed by atoms with Gasteiger partial charge in [-0.3, -0.25) is 0 Å². The van der Waals surface area contributed by atoms with Crippen LogP contribution in [0.2, 0.25) is 0 Å². The van der Waals surface area contributed by atoms with E-state index in [0.29, 0.717) is 0 Å². The normalized spacial score (nSPS) is 26.8. The quantitative estimate of drug-likeness (QED) is 0.681. The summed E-state index contributed by atoms with van der Waals surface area (Å²) >= 11 is 0. The van der Waals surface area contributed by atoms with Crippen molar-refractivity contribution in [3.05, 3.63) is 24.3 Å². The predicted octanol–water partition coefficient (Wildman–Crippen LogP) is 3.44. The van der Waals surface area contributed by atoms with Gasteiger partial charge >= 0.3 is 0 Å². The van der Waals surface area contributed by atoms with E-state index in [0.717, 1.165) is 38.9 Å². The zero-order chi connectivity index (χ0) is 11.6. The van der Waals surface area contributed by atoms with Gasteiger partial charge in [-0.2, -0.15) is 0 Å². The van der Waals surface area contributed by atoms with Gasteiger partial charge in [-0.25, -0.2) is 0 Å². The Kier molecular flexibility index (Phi) is 3.22. The van der Waals surface area contributed by atoms with Gasteiger partial charge in [0, 0.05) is 11.8 Å². The minimum absolute atomic E-state index is 0.00917. The Labute approximate surface area is 98.3 Å².